The Morgan fingerprint density at radius 2 is 1.87 bits per heavy atom. The Bertz CT molecular complexity index is 933. The first-order valence-electron chi connectivity index (χ1n) is 10.5. The summed E-state index contributed by atoms with van der Waals surface area (Å²) in [5.74, 6) is 1.55. The van der Waals surface area contributed by atoms with Crippen molar-refractivity contribution in [1.29, 1.82) is 0 Å². The van der Waals surface area contributed by atoms with Crippen molar-refractivity contribution in [3.05, 3.63) is 35.7 Å². The number of hydrogen-bond acceptors (Lipinski definition) is 5. The predicted molar refractivity (Wildman–Crippen MR) is 113 cm³/mol. The van der Waals surface area contributed by atoms with E-state index < -0.39 is 11.7 Å². The zero-order chi connectivity index (χ0) is 22.2. The molecular formula is C21H26F3N5OS. The maximum atomic E-state index is 13.0. The summed E-state index contributed by atoms with van der Waals surface area (Å²) in [4.78, 5) is 16.4. The Hall–Kier alpha value is -2.23. The molecule has 4 rings (SSSR count). The second-order valence-electron chi connectivity index (χ2n) is 8.30. The van der Waals surface area contributed by atoms with Gasteiger partial charge in [0.05, 0.1) is 11.3 Å². The number of hydrogen-bond donors (Lipinski definition) is 0. The summed E-state index contributed by atoms with van der Waals surface area (Å²) in [7, 11) is 0. The zero-order valence-electron chi connectivity index (χ0n) is 17.6. The number of benzene rings is 1. The van der Waals surface area contributed by atoms with Crippen LogP contribution in [0.4, 0.5) is 18.9 Å². The van der Waals surface area contributed by atoms with Gasteiger partial charge >= 0.3 is 6.18 Å². The highest BCUT2D eigenvalue weighted by molar-refractivity contribution is 7.99. The molecule has 1 aromatic heterocycles. The van der Waals surface area contributed by atoms with E-state index in [-0.39, 0.29) is 17.6 Å². The maximum Gasteiger partial charge on any atom is 0.416 e. The summed E-state index contributed by atoms with van der Waals surface area (Å²) < 4.78 is 41.1. The molecule has 1 aliphatic carbocycles. The number of thioether (sulfide) groups is 1. The van der Waals surface area contributed by atoms with Crippen molar-refractivity contribution in [3.8, 4) is 0 Å². The lowest BCUT2D eigenvalue weighted by Crippen LogP contribution is -2.49. The third-order valence-corrected chi connectivity index (χ3v) is 6.54. The second-order valence-corrected chi connectivity index (χ2v) is 9.24. The topological polar surface area (TPSA) is 54.3 Å². The Balaban J connectivity index is 1.32. The van der Waals surface area contributed by atoms with Gasteiger partial charge in [0.15, 0.2) is 5.16 Å². The van der Waals surface area contributed by atoms with Gasteiger partial charge in [0.2, 0.25) is 5.91 Å². The standard InChI is InChI=1S/C21H26F3N5OS/c1-14(2)19-25-26-20(29(19)16-6-7-16)31-13-18(30)28-10-8-27(9-11-28)17-5-3-4-15(12-17)21(22,23)24/h3-5,12,14,16H,6-11,13H2,1-2H3. The fraction of sp³-hybridized carbons (Fsp3) is 0.571. The molecule has 1 aliphatic heterocycles. The number of rotatable bonds is 6. The van der Waals surface area contributed by atoms with Crippen LogP contribution in [-0.2, 0) is 11.0 Å². The molecule has 168 valence electrons. The van der Waals surface area contributed by atoms with Gasteiger partial charge in [-0.15, -0.1) is 10.2 Å². The number of carbonyl (C=O) groups excluding carboxylic acids is 1. The highest BCUT2D eigenvalue weighted by atomic mass is 32.2. The van der Waals surface area contributed by atoms with Gasteiger partial charge in [-0.25, -0.2) is 0 Å². The summed E-state index contributed by atoms with van der Waals surface area (Å²) in [6.45, 7) is 6.17. The maximum absolute atomic E-state index is 13.0. The molecule has 0 atom stereocenters. The SMILES string of the molecule is CC(C)c1nnc(SCC(=O)N2CCN(c3cccc(C(F)(F)F)c3)CC2)n1C1CC1. The van der Waals surface area contributed by atoms with Gasteiger partial charge in [-0.2, -0.15) is 13.2 Å². The van der Waals surface area contributed by atoms with Crippen LogP contribution in [0.3, 0.4) is 0 Å². The van der Waals surface area contributed by atoms with E-state index in [9.17, 15) is 18.0 Å². The van der Waals surface area contributed by atoms with E-state index >= 15 is 0 Å². The molecule has 31 heavy (non-hydrogen) atoms. The van der Waals surface area contributed by atoms with Crippen LogP contribution in [0.25, 0.3) is 0 Å². The molecule has 1 aromatic carbocycles. The summed E-state index contributed by atoms with van der Waals surface area (Å²) >= 11 is 1.42. The van der Waals surface area contributed by atoms with Gasteiger partial charge < -0.3 is 14.4 Å². The molecule has 6 nitrogen and oxygen atoms in total. The highest BCUT2D eigenvalue weighted by Gasteiger charge is 2.32. The molecule has 2 aliphatic rings. The Morgan fingerprint density at radius 3 is 2.48 bits per heavy atom. The summed E-state index contributed by atoms with van der Waals surface area (Å²) in [6, 6.07) is 5.80. The summed E-state index contributed by atoms with van der Waals surface area (Å²) in [5.41, 5.74) is -0.115. The van der Waals surface area contributed by atoms with Crippen molar-refractivity contribution < 1.29 is 18.0 Å². The number of piperazine rings is 1. The molecule has 10 heteroatoms. The molecule has 0 radical (unpaired) electrons. The van der Waals surface area contributed by atoms with Gasteiger partial charge in [-0.1, -0.05) is 31.7 Å². The number of anilines is 1. The number of carbonyl (C=O) groups is 1. The molecule has 0 N–H and O–H groups in total. The van der Waals surface area contributed by atoms with E-state index in [4.69, 9.17) is 0 Å². The summed E-state index contributed by atoms with van der Waals surface area (Å²) in [5, 5.41) is 9.41. The fourth-order valence-corrected chi connectivity index (χ4v) is 4.68. The first-order chi connectivity index (χ1) is 14.7. The number of aromatic nitrogens is 3. The van der Waals surface area contributed by atoms with Crippen molar-refractivity contribution in [2.75, 3.05) is 36.8 Å². The van der Waals surface area contributed by atoms with E-state index in [0.29, 0.717) is 37.9 Å². The number of halogens is 3. The van der Waals surface area contributed by atoms with E-state index in [1.807, 2.05) is 4.90 Å². The van der Waals surface area contributed by atoms with Crippen LogP contribution in [0.1, 0.15) is 50.0 Å². The van der Waals surface area contributed by atoms with Crippen molar-refractivity contribution in [2.45, 2.75) is 50.0 Å². The summed E-state index contributed by atoms with van der Waals surface area (Å²) in [6.07, 6.45) is -2.12. The van der Waals surface area contributed by atoms with E-state index in [1.165, 1.54) is 23.9 Å². The lowest BCUT2D eigenvalue weighted by atomic mass is 10.1. The molecule has 2 heterocycles. The van der Waals surface area contributed by atoms with Crippen molar-refractivity contribution >= 4 is 23.4 Å². The van der Waals surface area contributed by atoms with Crippen molar-refractivity contribution in [3.63, 3.8) is 0 Å². The van der Waals surface area contributed by atoms with Gasteiger partial charge in [0, 0.05) is 43.8 Å². The van der Waals surface area contributed by atoms with Crippen LogP contribution in [-0.4, -0.2) is 57.5 Å². The molecule has 0 unspecified atom stereocenters. The minimum Gasteiger partial charge on any atom is -0.368 e. The van der Waals surface area contributed by atoms with Crippen LogP contribution >= 0.6 is 11.8 Å². The van der Waals surface area contributed by atoms with Crippen LogP contribution in [0.2, 0.25) is 0 Å². The second kappa shape index (κ2) is 8.72. The van der Waals surface area contributed by atoms with Crippen molar-refractivity contribution in [2.24, 2.45) is 0 Å². The van der Waals surface area contributed by atoms with E-state index in [0.717, 1.165) is 29.9 Å². The van der Waals surface area contributed by atoms with Gasteiger partial charge in [-0.3, -0.25) is 4.79 Å². The first-order valence-corrected chi connectivity index (χ1v) is 11.5. The minimum atomic E-state index is -4.36. The Labute approximate surface area is 183 Å². The van der Waals surface area contributed by atoms with Gasteiger partial charge in [0.25, 0.3) is 0 Å². The highest BCUT2D eigenvalue weighted by Crippen LogP contribution is 2.40. The van der Waals surface area contributed by atoms with Crippen LogP contribution in [0, 0.1) is 0 Å². The molecule has 1 saturated heterocycles. The number of amides is 1. The molecule has 2 fully saturated rings. The van der Waals surface area contributed by atoms with Crippen molar-refractivity contribution in [1.82, 2.24) is 19.7 Å². The molecule has 1 saturated carbocycles. The number of nitrogens with zero attached hydrogens (tertiary/aromatic N) is 5. The van der Waals surface area contributed by atoms with Gasteiger partial charge in [0.1, 0.15) is 5.82 Å². The Kier molecular flexibility index (Phi) is 6.18. The molecule has 0 bridgehead atoms. The smallest absolute Gasteiger partial charge is 0.368 e. The normalized spacial score (nSPS) is 17.5. The third-order valence-electron chi connectivity index (χ3n) is 5.62. The quantitative estimate of drug-likeness (QED) is 0.614. The average molecular weight is 454 g/mol. The molecule has 0 spiro atoms. The Morgan fingerprint density at radius 1 is 1.16 bits per heavy atom. The largest absolute Gasteiger partial charge is 0.416 e. The van der Waals surface area contributed by atoms with E-state index in [1.54, 1.807) is 11.0 Å². The van der Waals surface area contributed by atoms with E-state index in [2.05, 4.69) is 28.6 Å². The van der Waals surface area contributed by atoms with Crippen LogP contribution < -0.4 is 4.90 Å². The van der Waals surface area contributed by atoms with Crippen LogP contribution in [0.15, 0.2) is 29.4 Å². The lowest BCUT2D eigenvalue weighted by Gasteiger charge is -2.36. The van der Waals surface area contributed by atoms with Crippen LogP contribution in [0.5, 0.6) is 0 Å². The third kappa shape index (κ3) is 4.99. The zero-order valence-corrected chi connectivity index (χ0v) is 18.4. The average Bonchev–Trinajstić information content (AvgIpc) is 3.50. The number of alkyl halides is 3. The molecular weight excluding hydrogens is 427 g/mol. The predicted octanol–water partition coefficient (Wildman–Crippen LogP) is 4.20. The molecule has 2 aromatic rings. The monoisotopic (exact) mass is 453 g/mol. The molecule has 1 amide bonds. The lowest BCUT2D eigenvalue weighted by molar-refractivity contribution is -0.137. The first kappa shape index (κ1) is 22.0. The van der Waals surface area contributed by atoms with Gasteiger partial charge in [-0.05, 0) is 31.0 Å². The fourth-order valence-electron chi connectivity index (χ4n) is 3.77. The minimum absolute atomic E-state index is 0.0186.